The van der Waals surface area contributed by atoms with E-state index in [0.29, 0.717) is 23.8 Å². The molecule has 3 aromatic rings. The first-order valence-electron chi connectivity index (χ1n) is 6.45. The van der Waals surface area contributed by atoms with E-state index in [4.69, 9.17) is 5.73 Å². The predicted molar refractivity (Wildman–Crippen MR) is 79.2 cm³/mol. The van der Waals surface area contributed by atoms with E-state index in [-0.39, 0.29) is 5.82 Å². The van der Waals surface area contributed by atoms with E-state index in [1.807, 2.05) is 18.0 Å². The standard InChI is InChI=1S/C14H15FN6/c1-20(10-5-3-4-9(15)6-10)8-12-18-13(16)11-7-17-21(2)14(11)19-12/h3-7H,8H2,1-2H3,(H2,16,18,19). The number of fused-ring (bicyclic) bond motifs is 1. The number of hydrogen-bond acceptors (Lipinski definition) is 5. The Labute approximate surface area is 121 Å². The van der Waals surface area contributed by atoms with Gasteiger partial charge in [-0.3, -0.25) is 4.68 Å². The van der Waals surface area contributed by atoms with Crippen LogP contribution < -0.4 is 10.6 Å². The molecule has 0 aliphatic heterocycles. The number of anilines is 2. The summed E-state index contributed by atoms with van der Waals surface area (Å²) in [5.74, 6) is 0.688. The molecule has 1 aromatic carbocycles. The van der Waals surface area contributed by atoms with E-state index in [1.54, 1.807) is 24.0 Å². The summed E-state index contributed by atoms with van der Waals surface area (Å²) in [6.45, 7) is 0.425. The highest BCUT2D eigenvalue weighted by atomic mass is 19.1. The highest BCUT2D eigenvalue weighted by Crippen LogP contribution is 2.19. The summed E-state index contributed by atoms with van der Waals surface area (Å²) in [5.41, 5.74) is 7.36. The predicted octanol–water partition coefficient (Wildman–Crippen LogP) is 1.72. The molecule has 0 aliphatic rings. The van der Waals surface area contributed by atoms with Gasteiger partial charge in [0.2, 0.25) is 0 Å². The van der Waals surface area contributed by atoms with Gasteiger partial charge in [0.25, 0.3) is 0 Å². The summed E-state index contributed by atoms with van der Waals surface area (Å²) in [6.07, 6.45) is 1.64. The number of nitrogens with zero attached hydrogens (tertiary/aromatic N) is 5. The molecule has 2 heterocycles. The van der Waals surface area contributed by atoms with Crippen molar-refractivity contribution in [1.82, 2.24) is 19.7 Å². The number of rotatable bonds is 3. The average Bonchev–Trinajstić information content (AvgIpc) is 2.81. The molecule has 0 saturated heterocycles. The summed E-state index contributed by atoms with van der Waals surface area (Å²) in [6, 6.07) is 6.37. The quantitative estimate of drug-likeness (QED) is 0.793. The number of hydrogen-bond donors (Lipinski definition) is 1. The van der Waals surface area contributed by atoms with Crippen molar-refractivity contribution >= 4 is 22.5 Å². The second kappa shape index (κ2) is 5.01. The van der Waals surface area contributed by atoms with Crippen LogP contribution in [-0.4, -0.2) is 26.8 Å². The Morgan fingerprint density at radius 1 is 1.33 bits per heavy atom. The van der Waals surface area contributed by atoms with Gasteiger partial charge < -0.3 is 10.6 Å². The van der Waals surface area contributed by atoms with Crippen molar-refractivity contribution in [2.75, 3.05) is 17.7 Å². The fourth-order valence-corrected chi connectivity index (χ4v) is 2.18. The van der Waals surface area contributed by atoms with E-state index in [0.717, 1.165) is 11.1 Å². The third-order valence-corrected chi connectivity index (χ3v) is 3.30. The Bertz CT molecular complexity index is 797. The summed E-state index contributed by atoms with van der Waals surface area (Å²) in [7, 11) is 3.65. The fourth-order valence-electron chi connectivity index (χ4n) is 2.18. The maximum atomic E-state index is 13.3. The molecular weight excluding hydrogens is 271 g/mol. The van der Waals surface area contributed by atoms with E-state index in [2.05, 4.69) is 15.1 Å². The monoisotopic (exact) mass is 286 g/mol. The smallest absolute Gasteiger partial charge is 0.163 e. The van der Waals surface area contributed by atoms with Crippen molar-refractivity contribution in [3.63, 3.8) is 0 Å². The molecule has 0 aliphatic carbocycles. The molecule has 0 spiro atoms. The molecule has 0 saturated carbocycles. The molecule has 0 bridgehead atoms. The normalized spacial score (nSPS) is 11.0. The number of benzene rings is 1. The van der Waals surface area contributed by atoms with Gasteiger partial charge in [-0.2, -0.15) is 5.10 Å². The largest absolute Gasteiger partial charge is 0.383 e. The minimum absolute atomic E-state index is 0.276. The maximum Gasteiger partial charge on any atom is 0.163 e. The van der Waals surface area contributed by atoms with Gasteiger partial charge in [-0.15, -0.1) is 0 Å². The Morgan fingerprint density at radius 3 is 2.90 bits per heavy atom. The van der Waals surface area contributed by atoms with Crippen molar-refractivity contribution < 1.29 is 4.39 Å². The van der Waals surface area contributed by atoms with Gasteiger partial charge in [0.1, 0.15) is 11.6 Å². The molecule has 0 amide bonds. The first kappa shape index (κ1) is 13.3. The number of nitrogen functional groups attached to an aromatic ring is 1. The molecule has 7 heteroatoms. The Hall–Kier alpha value is -2.70. The molecule has 2 aromatic heterocycles. The lowest BCUT2D eigenvalue weighted by Crippen LogP contribution is -2.19. The van der Waals surface area contributed by atoms with Crippen LogP contribution in [-0.2, 0) is 13.6 Å². The van der Waals surface area contributed by atoms with Crippen LogP contribution in [0.5, 0.6) is 0 Å². The highest BCUT2D eigenvalue weighted by Gasteiger charge is 2.11. The Kier molecular flexibility index (Phi) is 3.17. The minimum Gasteiger partial charge on any atom is -0.383 e. The molecule has 21 heavy (non-hydrogen) atoms. The van der Waals surface area contributed by atoms with Gasteiger partial charge in [-0.25, -0.2) is 14.4 Å². The van der Waals surface area contributed by atoms with Crippen LogP contribution in [0.1, 0.15) is 5.82 Å². The van der Waals surface area contributed by atoms with E-state index >= 15 is 0 Å². The fraction of sp³-hybridized carbons (Fsp3) is 0.214. The van der Waals surface area contributed by atoms with Crippen molar-refractivity contribution in [3.8, 4) is 0 Å². The molecule has 0 unspecified atom stereocenters. The van der Waals surface area contributed by atoms with Gasteiger partial charge in [0.05, 0.1) is 18.1 Å². The molecule has 6 nitrogen and oxygen atoms in total. The van der Waals surface area contributed by atoms with E-state index < -0.39 is 0 Å². The lowest BCUT2D eigenvalue weighted by Gasteiger charge is -2.18. The van der Waals surface area contributed by atoms with Gasteiger partial charge >= 0.3 is 0 Å². The third-order valence-electron chi connectivity index (χ3n) is 3.30. The Balaban J connectivity index is 1.92. The van der Waals surface area contributed by atoms with Gasteiger partial charge in [-0.1, -0.05) is 6.07 Å². The van der Waals surface area contributed by atoms with Crippen molar-refractivity contribution in [3.05, 3.63) is 42.1 Å². The van der Waals surface area contributed by atoms with Gasteiger partial charge in [0.15, 0.2) is 11.5 Å². The van der Waals surface area contributed by atoms with E-state index in [1.165, 1.54) is 12.1 Å². The molecule has 0 atom stereocenters. The third kappa shape index (κ3) is 2.49. The Morgan fingerprint density at radius 2 is 2.14 bits per heavy atom. The number of halogens is 1. The lowest BCUT2D eigenvalue weighted by atomic mass is 10.3. The molecular formula is C14H15FN6. The van der Waals surface area contributed by atoms with Crippen LogP contribution in [0.3, 0.4) is 0 Å². The van der Waals surface area contributed by atoms with Crippen LogP contribution in [0, 0.1) is 5.82 Å². The summed E-state index contributed by atoms with van der Waals surface area (Å²) in [5, 5.41) is 4.85. The minimum atomic E-state index is -0.276. The average molecular weight is 286 g/mol. The summed E-state index contributed by atoms with van der Waals surface area (Å²) < 4.78 is 14.9. The second-order valence-electron chi connectivity index (χ2n) is 4.87. The maximum absolute atomic E-state index is 13.3. The number of aromatic nitrogens is 4. The second-order valence-corrected chi connectivity index (χ2v) is 4.87. The number of nitrogens with two attached hydrogens (primary N) is 1. The van der Waals surface area contributed by atoms with Crippen LogP contribution in [0.15, 0.2) is 30.5 Å². The van der Waals surface area contributed by atoms with Crippen LogP contribution >= 0.6 is 0 Å². The zero-order chi connectivity index (χ0) is 15.0. The van der Waals surface area contributed by atoms with Crippen LogP contribution in [0.25, 0.3) is 11.0 Å². The SMILES string of the molecule is CN(Cc1nc(N)c2cnn(C)c2n1)c1cccc(F)c1. The molecule has 0 fully saturated rings. The molecule has 0 radical (unpaired) electrons. The number of aryl methyl sites for hydroxylation is 1. The molecule has 2 N–H and O–H groups in total. The first-order chi connectivity index (χ1) is 10.0. The summed E-state index contributed by atoms with van der Waals surface area (Å²) in [4.78, 5) is 10.6. The van der Waals surface area contributed by atoms with Gasteiger partial charge in [-0.05, 0) is 18.2 Å². The van der Waals surface area contributed by atoms with Crippen molar-refractivity contribution in [2.24, 2.45) is 7.05 Å². The lowest BCUT2D eigenvalue weighted by molar-refractivity contribution is 0.627. The zero-order valence-electron chi connectivity index (χ0n) is 11.8. The molecule has 3 rings (SSSR count). The van der Waals surface area contributed by atoms with Crippen LogP contribution in [0.2, 0.25) is 0 Å². The topological polar surface area (TPSA) is 72.9 Å². The zero-order valence-corrected chi connectivity index (χ0v) is 11.8. The van der Waals surface area contributed by atoms with E-state index in [9.17, 15) is 4.39 Å². The van der Waals surface area contributed by atoms with Crippen LogP contribution in [0.4, 0.5) is 15.9 Å². The van der Waals surface area contributed by atoms with Crippen molar-refractivity contribution in [1.29, 1.82) is 0 Å². The first-order valence-corrected chi connectivity index (χ1v) is 6.45. The highest BCUT2D eigenvalue weighted by molar-refractivity contribution is 5.84. The molecule has 108 valence electrons. The van der Waals surface area contributed by atoms with Crippen molar-refractivity contribution in [2.45, 2.75) is 6.54 Å². The summed E-state index contributed by atoms with van der Waals surface area (Å²) >= 11 is 0. The van der Waals surface area contributed by atoms with Gasteiger partial charge in [0, 0.05) is 19.8 Å².